The van der Waals surface area contributed by atoms with Crippen molar-refractivity contribution in [3.8, 4) is 0 Å². The van der Waals surface area contributed by atoms with Gasteiger partial charge in [-0.25, -0.2) is 0 Å². The monoisotopic (exact) mass is 212 g/mol. The van der Waals surface area contributed by atoms with Crippen LogP contribution in [0.15, 0.2) is 0 Å². The van der Waals surface area contributed by atoms with Gasteiger partial charge in [0.15, 0.2) is 0 Å². The zero-order chi connectivity index (χ0) is 11.3. The molecule has 2 nitrogen and oxygen atoms in total. The Kier molecular flexibility index (Phi) is 5.07. The van der Waals surface area contributed by atoms with Crippen molar-refractivity contribution in [1.29, 1.82) is 0 Å². The summed E-state index contributed by atoms with van der Waals surface area (Å²) in [6, 6.07) is 0. The minimum Gasteiger partial charge on any atom is -0.316 e. The largest absolute Gasteiger partial charge is 0.316 e. The molecule has 2 N–H and O–H groups in total. The van der Waals surface area contributed by atoms with Crippen LogP contribution in [-0.2, 0) is 0 Å². The quantitative estimate of drug-likeness (QED) is 0.677. The van der Waals surface area contributed by atoms with Gasteiger partial charge in [0.1, 0.15) is 0 Å². The molecule has 0 radical (unpaired) electrons. The van der Waals surface area contributed by atoms with E-state index in [9.17, 15) is 0 Å². The Bertz CT molecular complexity index is 163. The van der Waals surface area contributed by atoms with Crippen molar-refractivity contribution >= 4 is 0 Å². The van der Waals surface area contributed by atoms with Crippen LogP contribution in [0.2, 0.25) is 0 Å². The molecule has 1 saturated heterocycles. The summed E-state index contributed by atoms with van der Waals surface area (Å²) in [7, 11) is 0. The van der Waals surface area contributed by atoms with Gasteiger partial charge in [-0.1, -0.05) is 27.7 Å². The van der Waals surface area contributed by atoms with Crippen molar-refractivity contribution in [2.45, 2.75) is 52.5 Å². The van der Waals surface area contributed by atoms with Crippen LogP contribution in [0.3, 0.4) is 0 Å². The first-order valence-corrected chi connectivity index (χ1v) is 6.63. The maximum absolute atomic E-state index is 3.80. The molecular formula is C13H28N2. The molecule has 0 spiro atoms. The number of rotatable bonds is 7. The Morgan fingerprint density at radius 1 is 1.20 bits per heavy atom. The Morgan fingerprint density at radius 2 is 1.73 bits per heavy atom. The first-order valence-electron chi connectivity index (χ1n) is 6.63. The van der Waals surface area contributed by atoms with E-state index in [4.69, 9.17) is 0 Å². The first-order chi connectivity index (χ1) is 7.17. The molecule has 1 aliphatic rings. The highest BCUT2D eigenvalue weighted by molar-refractivity contribution is 4.87. The minimum atomic E-state index is 0.394. The lowest BCUT2D eigenvalue weighted by Crippen LogP contribution is -2.51. The molecule has 1 heterocycles. The summed E-state index contributed by atoms with van der Waals surface area (Å²) in [6.07, 6.45) is 3.74. The zero-order valence-electron chi connectivity index (χ0n) is 10.9. The van der Waals surface area contributed by atoms with Crippen LogP contribution in [0.5, 0.6) is 0 Å². The molecule has 0 aromatic carbocycles. The highest BCUT2D eigenvalue weighted by atomic mass is 15.0. The molecule has 1 unspecified atom stereocenters. The van der Waals surface area contributed by atoms with E-state index in [2.05, 4.69) is 38.3 Å². The normalized spacial score (nSPS) is 20.0. The van der Waals surface area contributed by atoms with Crippen LogP contribution >= 0.6 is 0 Å². The van der Waals surface area contributed by atoms with Crippen molar-refractivity contribution < 1.29 is 0 Å². The van der Waals surface area contributed by atoms with Crippen LogP contribution in [-0.4, -0.2) is 25.2 Å². The van der Waals surface area contributed by atoms with Crippen molar-refractivity contribution in [1.82, 2.24) is 10.6 Å². The summed E-state index contributed by atoms with van der Waals surface area (Å²) in [5.74, 6) is 1.72. The molecule has 1 rings (SSSR count). The highest BCUT2D eigenvalue weighted by Crippen LogP contribution is 2.21. The number of hydrogen-bond acceptors (Lipinski definition) is 2. The molecular weight excluding hydrogens is 184 g/mol. The Hall–Kier alpha value is -0.0800. The fourth-order valence-corrected chi connectivity index (χ4v) is 2.38. The lowest BCUT2D eigenvalue weighted by atomic mass is 9.85. The van der Waals surface area contributed by atoms with Crippen molar-refractivity contribution in [2.75, 3.05) is 19.6 Å². The van der Waals surface area contributed by atoms with Gasteiger partial charge in [-0.3, -0.25) is 0 Å². The molecule has 0 saturated carbocycles. The SMILES string of the molecule is CCC(CC)(CC)NCC(C)C1CNC1. The third-order valence-corrected chi connectivity index (χ3v) is 4.45. The summed E-state index contributed by atoms with van der Waals surface area (Å²) in [5.41, 5.74) is 0.394. The van der Waals surface area contributed by atoms with Gasteiger partial charge in [0, 0.05) is 5.54 Å². The summed E-state index contributed by atoms with van der Waals surface area (Å²) in [5, 5.41) is 7.16. The van der Waals surface area contributed by atoms with E-state index in [1.807, 2.05) is 0 Å². The van der Waals surface area contributed by atoms with Crippen molar-refractivity contribution in [3.63, 3.8) is 0 Å². The molecule has 90 valence electrons. The van der Waals surface area contributed by atoms with Gasteiger partial charge in [-0.15, -0.1) is 0 Å². The van der Waals surface area contributed by atoms with Gasteiger partial charge in [0.2, 0.25) is 0 Å². The highest BCUT2D eigenvalue weighted by Gasteiger charge is 2.27. The zero-order valence-corrected chi connectivity index (χ0v) is 10.9. The van der Waals surface area contributed by atoms with E-state index in [0.29, 0.717) is 5.54 Å². The second kappa shape index (κ2) is 5.86. The second-order valence-electron chi connectivity index (χ2n) is 5.12. The summed E-state index contributed by atoms with van der Waals surface area (Å²) < 4.78 is 0. The van der Waals surface area contributed by atoms with Crippen LogP contribution in [0.25, 0.3) is 0 Å². The van der Waals surface area contributed by atoms with Gasteiger partial charge in [0.25, 0.3) is 0 Å². The Balaban J connectivity index is 2.31. The standard InChI is InChI=1S/C13H28N2/c1-5-13(6-2,7-3)15-8-11(4)12-9-14-10-12/h11-12,14-15H,5-10H2,1-4H3. The predicted molar refractivity (Wildman–Crippen MR) is 67.1 cm³/mol. The topological polar surface area (TPSA) is 24.1 Å². The third-order valence-electron chi connectivity index (χ3n) is 4.45. The van der Waals surface area contributed by atoms with E-state index >= 15 is 0 Å². The van der Waals surface area contributed by atoms with Crippen molar-refractivity contribution in [3.05, 3.63) is 0 Å². The molecule has 0 aromatic rings. The summed E-state index contributed by atoms with van der Waals surface area (Å²) >= 11 is 0. The maximum Gasteiger partial charge on any atom is 0.0173 e. The fourth-order valence-electron chi connectivity index (χ4n) is 2.38. The van der Waals surface area contributed by atoms with E-state index < -0.39 is 0 Å². The maximum atomic E-state index is 3.80. The molecule has 15 heavy (non-hydrogen) atoms. The lowest BCUT2D eigenvalue weighted by Gasteiger charge is -2.37. The van der Waals surface area contributed by atoms with Crippen molar-refractivity contribution in [2.24, 2.45) is 11.8 Å². The summed E-state index contributed by atoms with van der Waals surface area (Å²) in [6.45, 7) is 12.9. The van der Waals surface area contributed by atoms with Gasteiger partial charge in [-0.2, -0.15) is 0 Å². The van der Waals surface area contributed by atoms with E-state index in [1.54, 1.807) is 0 Å². The minimum absolute atomic E-state index is 0.394. The average molecular weight is 212 g/mol. The Labute approximate surface area is 95.2 Å². The molecule has 2 heteroatoms. The first kappa shape index (κ1) is 13.0. The molecule has 1 atom stereocenters. The van der Waals surface area contributed by atoms with Gasteiger partial charge in [-0.05, 0) is 50.7 Å². The molecule has 1 fully saturated rings. The second-order valence-corrected chi connectivity index (χ2v) is 5.12. The average Bonchev–Trinajstić information content (AvgIpc) is 2.18. The molecule has 0 amide bonds. The van der Waals surface area contributed by atoms with E-state index in [-0.39, 0.29) is 0 Å². The molecule has 0 aliphatic carbocycles. The fraction of sp³-hybridized carbons (Fsp3) is 1.00. The van der Waals surface area contributed by atoms with Gasteiger partial charge in [0.05, 0.1) is 0 Å². The number of nitrogens with one attached hydrogen (secondary N) is 2. The smallest absolute Gasteiger partial charge is 0.0173 e. The number of hydrogen-bond donors (Lipinski definition) is 2. The van der Waals surface area contributed by atoms with Crippen LogP contribution < -0.4 is 10.6 Å². The van der Waals surface area contributed by atoms with Crippen LogP contribution in [0, 0.1) is 11.8 Å². The third kappa shape index (κ3) is 3.18. The summed E-state index contributed by atoms with van der Waals surface area (Å²) in [4.78, 5) is 0. The van der Waals surface area contributed by atoms with Gasteiger partial charge >= 0.3 is 0 Å². The molecule has 0 aromatic heterocycles. The van der Waals surface area contributed by atoms with Crippen LogP contribution in [0.1, 0.15) is 47.0 Å². The predicted octanol–water partition coefficient (Wildman–Crippen LogP) is 2.40. The van der Waals surface area contributed by atoms with E-state index in [0.717, 1.165) is 11.8 Å². The lowest BCUT2D eigenvalue weighted by molar-refractivity contribution is 0.206. The van der Waals surface area contributed by atoms with Gasteiger partial charge < -0.3 is 10.6 Å². The molecule has 0 bridgehead atoms. The molecule has 1 aliphatic heterocycles. The Morgan fingerprint density at radius 3 is 2.07 bits per heavy atom. The van der Waals surface area contributed by atoms with E-state index in [1.165, 1.54) is 38.9 Å². The van der Waals surface area contributed by atoms with Crippen LogP contribution in [0.4, 0.5) is 0 Å².